The molecule has 2 heterocycles. The highest BCUT2D eigenvalue weighted by molar-refractivity contribution is 4.86. The summed E-state index contributed by atoms with van der Waals surface area (Å²) in [7, 11) is 0. The number of hydrogen-bond donors (Lipinski definition) is 0. The van der Waals surface area contributed by atoms with Gasteiger partial charge in [-0.1, -0.05) is 0 Å². The van der Waals surface area contributed by atoms with E-state index in [1.54, 1.807) is 0 Å². The van der Waals surface area contributed by atoms with Crippen molar-refractivity contribution in [1.29, 1.82) is 0 Å². The van der Waals surface area contributed by atoms with Crippen molar-refractivity contribution in [2.75, 3.05) is 13.1 Å². The molecule has 0 amide bonds. The molecule has 0 aromatic rings. The molecule has 0 aromatic heterocycles. The molecule has 2 rings (SSSR count). The Bertz CT molecular complexity index is 76.4. The van der Waals surface area contributed by atoms with Gasteiger partial charge < -0.3 is 0 Å². The molecule has 2 aliphatic heterocycles. The van der Waals surface area contributed by atoms with Crippen LogP contribution in [0.2, 0.25) is 0 Å². The van der Waals surface area contributed by atoms with Gasteiger partial charge in [0, 0.05) is 6.54 Å². The molecule has 44 valence electrons. The van der Waals surface area contributed by atoms with Crippen LogP contribution in [-0.2, 0) is 0 Å². The van der Waals surface area contributed by atoms with Gasteiger partial charge in [0.25, 0.3) is 0 Å². The third-order valence-electron chi connectivity index (χ3n) is 2.17. The Morgan fingerprint density at radius 3 is 3.12 bits per heavy atom. The van der Waals surface area contributed by atoms with Gasteiger partial charge >= 0.3 is 0 Å². The van der Waals surface area contributed by atoms with Gasteiger partial charge in [0.05, 0.1) is 6.54 Å². The second kappa shape index (κ2) is 1.73. The average molecular weight is 109 g/mol. The minimum Gasteiger partial charge on any atom is -0.294 e. The van der Waals surface area contributed by atoms with Crippen molar-refractivity contribution in [2.45, 2.75) is 19.3 Å². The van der Waals surface area contributed by atoms with Crippen LogP contribution in [0.25, 0.3) is 0 Å². The highest BCUT2D eigenvalue weighted by Crippen LogP contribution is 2.28. The SMILES string of the molecule is [C]1CCC2CCN1C2. The zero-order chi connectivity index (χ0) is 5.40. The van der Waals surface area contributed by atoms with E-state index < -0.39 is 0 Å². The fourth-order valence-electron chi connectivity index (χ4n) is 1.64. The van der Waals surface area contributed by atoms with Gasteiger partial charge in [-0.3, -0.25) is 4.90 Å². The monoisotopic (exact) mass is 109 g/mol. The van der Waals surface area contributed by atoms with Crippen molar-refractivity contribution in [1.82, 2.24) is 4.90 Å². The Balaban J connectivity index is 2.03. The summed E-state index contributed by atoms with van der Waals surface area (Å²) in [4.78, 5) is 2.34. The predicted octanol–water partition coefficient (Wildman–Crippen LogP) is 1.14. The molecule has 2 saturated heterocycles. The fraction of sp³-hybridized carbons (Fsp3) is 0.857. The van der Waals surface area contributed by atoms with E-state index in [1.165, 1.54) is 32.4 Å². The Morgan fingerprint density at radius 1 is 1.38 bits per heavy atom. The molecule has 0 saturated carbocycles. The molecule has 2 unspecified atom stereocenters. The molecule has 2 radical (unpaired) electrons. The van der Waals surface area contributed by atoms with Gasteiger partial charge in [-0.2, -0.15) is 0 Å². The summed E-state index contributed by atoms with van der Waals surface area (Å²) >= 11 is 0. The smallest absolute Gasteiger partial charge is 0.0615 e. The van der Waals surface area contributed by atoms with Crippen molar-refractivity contribution in [3.8, 4) is 0 Å². The maximum absolute atomic E-state index is 3.34. The normalized spacial score (nSPS) is 45.0. The first kappa shape index (κ1) is 4.80. The van der Waals surface area contributed by atoms with Gasteiger partial charge in [-0.25, -0.2) is 0 Å². The van der Waals surface area contributed by atoms with E-state index >= 15 is 0 Å². The molecule has 2 bridgehead atoms. The van der Waals surface area contributed by atoms with E-state index in [0.717, 1.165) is 5.92 Å². The molecule has 1 heteroatoms. The summed E-state index contributed by atoms with van der Waals surface area (Å²) in [6.45, 7) is 5.93. The number of fused-ring (bicyclic) bond motifs is 2. The Hall–Kier alpha value is -0.0400. The first-order valence-corrected chi connectivity index (χ1v) is 3.43. The van der Waals surface area contributed by atoms with Crippen LogP contribution in [-0.4, -0.2) is 18.0 Å². The summed E-state index contributed by atoms with van der Waals surface area (Å²) in [6, 6.07) is 0. The lowest BCUT2D eigenvalue weighted by Crippen LogP contribution is -2.21. The summed E-state index contributed by atoms with van der Waals surface area (Å²) in [5.41, 5.74) is 0. The predicted molar refractivity (Wildman–Crippen MR) is 32.2 cm³/mol. The largest absolute Gasteiger partial charge is 0.294 e. The molecule has 0 spiro atoms. The average Bonchev–Trinajstić information content (AvgIpc) is 2.12. The van der Waals surface area contributed by atoms with Crippen LogP contribution in [0.3, 0.4) is 0 Å². The minimum absolute atomic E-state index is 1.02. The molecule has 0 aromatic carbocycles. The van der Waals surface area contributed by atoms with Gasteiger partial charge in [0.2, 0.25) is 0 Å². The fourth-order valence-corrected chi connectivity index (χ4v) is 1.64. The van der Waals surface area contributed by atoms with Crippen molar-refractivity contribution in [3.63, 3.8) is 0 Å². The third-order valence-corrected chi connectivity index (χ3v) is 2.17. The van der Waals surface area contributed by atoms with Gasteiger partial charge in [0.1, 0.15) is 0 Å². The molecular weight excluding hydrogens is 98.1 g/mol. The molecule has 1 nitrogen and oxygen atoms in total. The third kappa shape index (κ3) is 0.655. The van der Waals surface area contributed by atoms with E-state index in [0.29, 0.717) is 0 Å². The lowest BCUT2D eigenvalue weighted by atomic mass is 10.0. The highest BCUT2D eigenvalue weighted by Gasteiger charge is 2.26. The van der Waals surface area contributed by atoms with Crippen molar-refractivity contribution in [2.24, 2.45) is 5.92 Å². The van der Waals surface area contributed by atoms with Crippen molar-refractivity contribution in [3.05, 3.63) is 6.54 Å². The first-order valence-electron chi connectivity index (χ1n) is 3.43. The number of hydrogen-bond acceptors (Lipinski definition) is 1. The summed E-state index contributed by atoms with van der Waals surface area (Å²) < 4.78 is 0. The minimum atomic E-state index is 1.02. The molecule has 0 N–H and O–H groups in total. The lowest BCUT2D eigenvalue weighted by Gasteiger charge is -2.19. The van der Waals surface area contributed by atoms with Crippen LogP contribution in [0.15, 0.2) is 0 Å². The Labute approximate surface area is 50.7 Å². The molecule has 0 aliphatic carbocycles. The topological polar surface area (TPSA) is 3.24 Å². The van der Waals surface area contributed by atoms with Crippen LogP contribution >= 0.6 is 0 Å². The molecule has 2 aliphatic rings. The van der Waals surface area contributed by atoms with Crippen LogP contribution in [0.4, 0.5) is 0 Å². The van der Waals surface area contributed by atoms with Crippen LogP contribution in [0.5, 0.6) is 0 Å². The quantitative estimate of drug-likeness (QED) is 0.451. The second-order valence-electron chi connectivity index (χ2n) is 2.80. The molecule has 2 fully saturated rings. The molecule has 8 heavy (non-hydrogen) atoms. The lowest BCUT2D eigenvalue weighted by molar-refractivity contribution is 0.326. The van der Waals surface area contributed by atoms with E-state index in [9.17, 15) is 0 Å². The Kier molecular flexibility index (Phi) is 1.04. The van der Waals surface area contributed by atoms with Gasteiger partial charge in [-0.05, 0) is 31.7 Å². The Morgan fingerprint density at radius 2 is 2.38 bits per heavy atom. The number of rotatable bonds is 0. The number of piperidine rings is 1. The first-order chi connectivity index (χ1) is 3.95. The summed E-state index contributed by atoms with van der Waals surface area (Å²) in [6.07, 6.45) is 4.04. The summed E-state index contributed by atoms with van der Waals surface area (Å²) in [5.74, 6) is 1.02. The van der Waals surface area contributed by atoms with E-state index in [1.807, 2.05) is 0 Å². The van der Waals surface area contributed by atoms with E-state index in [2.05, 4.69) is 11.4 Å². The standard InChI is InChI=1S/C7H11N/c1-2-7-3-5-8(4-1)6-7/h7H,1-3,5-6H2. The van der Waals surface area contributed by atoms with Gasteiger partial charge in [0.15, 0.2) is 0 Å². The van der Waals surface area contributed by atoms with Crippen molar-refractivity contribution < 1.29 is 0 Å². The van der Waals surface area contributed by atoms with E-state index in [4.69, 9.17) is 0 Å². The number of nitrogens with zero attached hydrogens (tertiary/aromatic N) is 1. The summed E-state index contributed by atoms with van der Waals surface area (Å²) in [5, 5.41) is 0. The van der Waals surface area contributed by atoms with E-state index in [-0.39, 0.29) is 0 Å². The van der Waals surface area contributed by atoms with Crippen LogP contribution in [0.1, 0.15) is 19.3 Å². The van der Waals surface area contributed by atoms with Crippen LogP contribution in [0, 0.1) is 12.5 Å². The molecule has 2 atom stereocenters. The maximum atomic E-state index is 3.34. The van der Waals surface area contributed by atoms with Gasteiger partial charge in [-0.15, -0.1) is 0 Å². The zero-order valence-corrected chi connectivity index (χ0v) is 5.06. The second-order valence-corrected chi connectivity index (χ2v) is 2.80. The maximum Gasteiger partial charge on any atom is 0.0615 e. The van der Waals surface area contributed by atoms with Crippen molar-refractivity contribution >= 4 is 0 Å². The zero-order valence-electron chi connectivity index (χ0n) is 5.06. The molecular formula is C7H11N. The van der Waals surface area contributed by atoms with Crippen LogP contribution < -0.4 is 0 Å². The highest BCUT2D eigenvalue weighted by atomic mass is 15.1.